The number of rotatable bonds is 6. The zero-order valence-corrected chi connectivity index (χ0v) is 12.8. The smallest absolute Gasteiger partial charge is 0.180 e. The molecule has 0 saturated heterocycles. The topological polar surface area (TPSA) is 66.4 Å². The molecule has 0 aliphatic carbocycles. The number of aliphatic hydroxyl groups excluding tert-OH is 1. The molecule has 0 aliphatic rings. The summed E-state index contributed by atoms with van der Waals surface area (Å²) in [6.45, 7) is 4.15. The monoisotopic (exact) mass is 335 g/mol. The maximum atomic E-state index is 12.0. The highest BCUT2D eigenvalue weighted by molar-refractivity contribution is 9.10. The molecule has 0 spiro atoms. The highest BCUT2D eigenvalue weighted by Crippen LogP contribution is 2.17. The summed E-state index contributed by atoms with van der Waals surface area (Å²) in [6, 6.07) is 6.71. The van der Waals surface area contributed by atoms with E-state index >= 15 is 0 Å². The van der Waals surface area contributed by atoms with Crippen molar-refractivity contribution in [2.45, 2.75) is 30.9 Å². The Morgan fingerprint density at radius 2 is 2.06 bits per heavy atom. The predicted molar refractivity (Wildman–Crippen MR) is 75.3 cm³/mol. The minimum Gasteiger partial charge on any atom is -0.391 e. The van der Waals surface area contributed by atoms with Crippen LogP contribution in [0.5, 0.6) is 0 Å². The molecule has 2 N–H and O–H groups in total. The largest absolute Gasteiger partial charge is 0.391 e. The molecule has 1 rings (SSSR count). The van der Waals surface area contributed by atoms with Crippen molar-refractivity contribution < 1.29 is 13.5 Å². The Morgan fingerprint density at radius 1 is 1.39 bits per heavy atom. The summed E-state index contributed by atoms with van der Waals surface area (Å²) in [5.74, 6) is -0.275. The van der Waals surface area contributed by atoms with Crippen LogP contribution >= 0.6 is 15.9 Å². The zero-order chi connectivity index (χ0) is 13.8. The maximum absolute atomic E-state index is 12.0. The van der Waals surface area contributed by atoms with E-state index in [0.717, 1.165) is 0 Å². The lowest BCUT2D eigenvalue weighted by Gasteiger charge is -2.14. The summed E-state index contributed by atoms with van der Waals surface area (Å²) in [7, 11) is -3.45. The minimum absolute atomic E-state index is 0.216. The molecule has 0 saturated carbocycles. The van der Waals surface area contributed by atoms with Gasteiger partial charge in [0.15, 0.2) is 9.84 Å². The van der Waals surface area contributed by atoms with E-state index in [1.54, 1.807) is 12.1 Å². The second kappa shape index (κ2) is 6.65. The van der Waals surface area contributed by atoms with Crippen LogP contribution in [0.25, 0.3) is 0 Å². The van der Waals surface area contributed by atoms with E-state index in [0.29, 0.717) is 4.47 Å². The third kappa shape index (κ3) is 5.06. The first-order chi connectivity index (χ1) is 8.31. The van der Waals surface area contributed by atoms with Crippen LogP contribution in [0, 0.1) is 0 Å². The van der Waals surface area contributed by atoms with Gasteiger partial charge in [-0.15, -0.1) is 0 Å². The van der Waals surface area contributed by atoms with Crippen LogP contribution in [0.15, 0.2) is 33.6 Å². The van der Waals surface area contributed by atoms with E-state index in [1.807, 2.05) is 13.8 Å². The summed E-state index contributed by atoms with van der Waals surface area (Å²) in [4.78, 5) is 0.223. The fourth-order valence-electron chi connectivity index (χ4n) is 1.44. The molecule has 1 atom stereocenters. The van der Waals surface area contributed by atoms with Gasteiger partial charge in [-0.3, -0.25) is 0 Å². The van der Waals surface area contributed by atoms with Gasteiger partial charge < -0.3 is 10.4 Å². The first-order valence-corrected chi connectivity index (χ1v) is 8.15. The predicted octanol–water partition coefficient (Wildman–Crippen LogP) is 1.58. The SMILES string of the molecule is CC(C)NCC(O)CS(=O)(=O)c1cccc(Br)c1. The van der Waals surface area contributed by atoms with Crippen LogP contribution in [0.1, 0.15) is 13.8 Å². The van der Waals surface area contributed by atoms with Crippen LogP contribution in [0.2, 0.25) is 0 Å². The van der Waals surface area contributed by atoms with Gasteiger partial charge in [-0.1, -0.05) is 35.8 Å². The van der Waals surface area contributed by atoms with E-state index in [4.69, 9.17) is 0 Å². The van der Waals surface area contributed by atoms with Gasteiger partial charge in [0.1, 0.15) is 0 Å². The Kier molecular flexibility index (Phi) is 5.78. The molecule has 18 heavy (non-hydrogen) atoms. The maximum Gasteiger partial charge on any atom is 0.180 e. The van der Waals surface area contributed by atoms with E-state index < -0.39 is 15.9 Å². The van der Waals surface area contributed by atoms with Gasteiger partial charge in [-0.25, -0.2) is 8.42 Å². The van der Waals surface area contributed by atoms with Crippen LogP contribution in [-0.4, -0.2) is 38.0 Å². The number of nitrogens with one attached hydrogen (secondary N) is 1. The molecule has 6 heteroatoms. The van der Waals surface area contributed by atoms with Gasteiger partial charge in [0.2, 0.25) is 0 Å². The number of hydrogen-bond acceptors (Lipinski definition) is 4. The average Bonchev–Trinajstić information content (AvgIpc) is 2.26. The van der Waals surface area contributed by atoms with Crippen molar-refractivity contribution >= 4 is 25.8 Å². The van der Waals surface area contributed by atoms with Crippen molar-refractivity contribution in [2.75, 3.05) is 12.3 Å². The molecule has 0 heterocycles. The summed E-state index contributed by atoms with van der Waals surface area (Å²) in [6.07, 6.45) is -0.906. The molecule has 0 aromatic heterocycles. The highest BCUT2D eigenvalue weighted by Gasteiger charge is 2.19. The lowest BCUT2D eigenvalue weighted by Crippen LogP contribution is -2.35. The summed E-state index contributed by atoms with van der Waals surface area (Å²) in [5.41, 5.74) is 0. The third-order valence-electron chi connectivity index (χ3n) is 2.33. The van der Waals surface area contributed by atoms with Crippen molar-refractivity contribution in [1.82, 2.24) is 5.32 Å². The average molecular weight is 336 g/mol. The summed E-state index contributed by atoms with van der Waals surface area (Å²) >= 11 is 3.23. The van der Waals surface area contributed by atoms with E-state index in [9.17, 15) is 13.5 Å². The van der Waals surface area contributed by atoms with E-state index in [-0.39, 0.29) is 23.2 Å². The molecule has 0 bridgehead atoms. The Morgan fingerprint density at radius 3 is 2.61 bits per heavy atom. The number of halogens is 1. The molecule has 1 aromatic carbocycles. The normalized spacial score (nSPS) is 13.8. The third-order valence-corrected chi connectivity index (χ3v) is 4.62. The van der Waals surface area contributed by atoms with Crippen LogP contribution in [-0.2, 0) is 9.84 Å². The lowest BCUT2D eigenvalue weighted by atomic mass is 10.3. The molecule has 0 amide bonds. The highest BCUT2D eigenvalue weighted by atomic mass is 79.9. The quantitative estimate of drug-likeness (QED) is 0.828. The fourth-order valence-corrected chi connectivity index (χ4v) is 3.40. The van der Waals surface area contributed by atoms with Gasteiger partial charge in [0.05, 0.1) is 16.8 Å². The molecule has 0 aliphatic heterocycles. The molecule has 1 aromatic rings. The van der Waals surface area contributed by atoms with Gasteiger partial charge in [-0.2, -0.15) is 0 Å². The Bertz CT molecular complexity index is 488. The first kappa shape index (κ1) is 15.6. The van der Waals surface area contributed by atoms with Crippen molar-refractivity contribution in [3.05, 3.63) is 28.7 Å². The second-order valence-electron chi connectivity index (χ2n) is 4.46. The molecule has 102 valence electrons. The molecular weight excluding hydrogens is 318 g/mol. The summed E-state index contributed by atoms with van der Waals surface area (Å²) in [5, 5.41) is 12.7. The Balaban J connectivity index is 2.70. The number of aliphatic hydroxyl groups is 1. The lowest BCUT2D eigenvalue weighted by molar-refractivity contribution is 0.190. The van der Waals surface area contributed by atoms with E-state index in [2.05, 4.69) is 21.2 Å². The van der Waals surface area contributed by atoms with Crippen LogP contribution in [0.3, 0.4) is 0 Å². The number of benzene rings is 1. The molecule has 0 radical (unpaired) electrons. The van der Waals surface area contributed by atoms with Crippen LogP contribution in [0.4, 0.5) is 0 Å². The van der Waals surface area contributed by atoms with Crippen molar-refractivity contribution in [3.63, 3.8) is 0 Å². The number of sulfone groups is 1. The van der Waals surface area contributed by atoms with Crippen molar-refractivity contribution in [3.8, 4) is 0 Å². The fraction of sp³-hybridized carbons (Fsp3) is 0.500. The van der Waals surface area contributed by atoms with Crippen molar-refractivity contribution in [2.24, 2.45) is 0 Å². The van der Waals surface area contributed by atoms with Gasteiger partial charge in [0.25, 0.3) is 0 Å². The molecule has 4 nitrogen and oxygen atoms in total. The van der Waals surface area contributed by atoms with Gasteiger partial charge >= 0.3 is 0 Å². The van der Waals surface area contributed by atoms with Gasteiger partial charge in [-0.05, 0) is 18.2 Å². The zero-order valence-electron chi connectivity index (χ0n) is 10.4. The molecular formula is C12H18BrNO3S. The Hall–Kier alpha value is -0.430. The minimum atomic E-state index is -3.45. The second-order valence-corrected chi connectivity index (χ2v) is 7.41. The number of hydrogen-bond donors (Lipinski definition) is 2. The van der Waals surface area contributed by atoms with Gasteiger partial charge in [0, 0.05) is 17.1 Å². The molecule has 1 unspecified atom stereocenters. The first-order valence-electron chi connectivity index (χ1n) is 5.71. The Labute approximate surface area is 116 Å². The standard InChI is InChI=1S/C12H18BrNO3S/c1-9(2)14-7-11(15)8-18(16,17)12-5-3-4-10(13)6-12/h3-6,9,11,14-15H,7-8H2,1-2H3. The molecule has 0 fully saturated rings. The summed E-state index contributed by atoms with van der Waals surface area (Å²) < 4.78 is 24.8. The van der Waals surface area contributed by atoms with E-state index in [1.165, 1.54) is 12.1 Å². The van der Waals surface area contributed by atoms with Crippen molar-refractivity contribution in [1.29, 1.82) is 0 Å². The van der Waals surface area contributed by atoms with Crippen LogP contribution < -0.4 is 5.32 Å².